The van der Waals surface area contributed by atoms with Gasteiger partial charge in [-0.3, -0.25) is 19.2 Å². The van der Waals surface area contributed by atoms with E-state index in [0.29, 0.717) is 37.6 Å². The summed E-state index contributed by atoms with van der Waals surface area (Å²) in [6.45, 7) is 17.7. The third kappa shape index (κ3) is 6.91. The molecule has 0 aromatic heterocycles. The highest BCUT2D eigenvalue weighted by Gasteiger charge is 2.69. The van der Waals surface area contributed by atoms with Gasteiger partial charge in [-0.05, 0) is 129 Å². The van der Waals surface area contributed by atoms with Crippen molar-refractivity contribution in [1.29, 1.82) is 0 Å². The van der Waals surface area contributed by atoms with Gasteiger partial charge in [-0.1, -0.05) is 66.5 Å². The average Bonchev–Trinajstić information content (AvgIpc) is 3.02. The highest BCUT2D eigenvalue weighted by molar-refractivity contribution is 5.84. The molecule has 4 saturated carbocycles. The second-order valence-corrected chi connectivity index (χ2v) is 19.3. The lowest BCUT2D eigenvalue weighted by Crippen LogP contribution is -2.65. The summed E-state index contributed by atoms with van der Waals surface area (Å²) in [7, 11) is 0. The van der Waals surface area contributed by atoms with E-state index < -0.39 is 11.9 Å². The third-order valence-corrected chi connectivity index (χ3v) is 15.7. The zero-order valence-corrected chi connectivity index (χ0v) is 32.3. The fourth-order valence-electron chi connectivity index (χ4n) is 12.6. The van der Waals surface area contributed by atoms with E-state index in [1.807, 2.05) is 0 Å². The number of hydrogen-bond acceptors (Lipinski definition) is 5. The number of carbonyl (C=O) groups excluding carboxylic acids is 2. The van der Waals surface area contributed by atoms with Crippen LogP contribution in [-0.4, -0.2) is 46.7 Å². The van der Waals surface area contributed by atoms with E-state index in [0.717, 1.165) is 77.0 Å². The number of allylic oxidation sites excluding steroid dienone is 2. The summed E-state index contributed by atoms with van der Waals surface area (Å²) >= 11 is 0. The third-order valence-electron chi connectivity index (χ3n) is 15.7. The predicted octanol–water partition coefficient (Wildman–Crippen LogP) is 9.11. The highest BCUT2D eigenvalue weighted by Crippen LogP contribution is 2.75. The molecule has 0 saturated heterocycles. The first-order chi connectivity index (χ1) is 23.3. The molecule has 5 aliphatic rings. The number of amides is 1. The largest absolute Gasteiger partial charge is 0.481 e. The van der Waals surface area contributed by atoms with Gasteiger partial charge < -0.3 is 20.3 Å². The molecule has 1 amide bonds. The number of nitrogens with one attached hydrogen (secondary N) is 1. The maximum Gasteiger partial charge on any atom is 0.306 e. The van der Waals surface area contributed by atoms with E-state index in [4.69, 9.17) is 14.9 Å². The Kier molecular flexibility index (Phi) is 11.0. The molecule has 8 atom stereocenters. The van der Waals surface area contributed by atoms with E-state index in [2.05, 4.69) is 59.9 Å². The lowest BCUT2D eigenvalue weighted by molar-refractivity contribution is -0.213. The van der Waals surface area contributed by atoms with Crippen molar-refractivity contribution in [3.63, 3.8) is 0 Å². The van der Waals surface area contributed by atoms with Crippen LogP contribution in [0.15, 0.2) is 11.6 Å². The number of carbonyl (C=O) groups is 4. The van der Waals surface area contributed by atoms with E-state index in [1.54, 1.807) is 5.57 Å². The predicted molar refractivity (Wildman–Crippen MR) is 194 cm³/mol. The molecule has 4 fully saturated rings. The Morgan fingerprint density at radius 3 is 2.08 bits per heavy atom. The van der Waals surface area contributed by atoms with Crippen molar-refractivity contribution >= 4 is 23.8 Å². The van der Waals surface area contributed by atoms with Crippen LogP contribution >= 0.6 is 0 Å². The Balaban J connectivity index is 1.34. The number of fused-ring (bicyclic) bond motifs is 7. The molecule has 5 aliphatic carbocycles. The molecule has 8 nitrogen and oxygen atoms in total. The van der Waals surface area contributed by atoms with Gasteiger partial charge in [0.05, 0.1) is 5.41 Å². The Morgan fingerprint density at radius 2 is 1.40 bits per heavy atom. The number of carboxylic acids is 2. The molecule has 0 aromatic rings. The van der Waals surface area contributed by atoms with Crippen LogP contribution in [0.1, 0.15) is 164 Å². The van der Waals surface area contributed by atoms with Crippen LogP contribution in [0.3, 0.4) is 0 Å². The number of carboxylic acid groups (broad SMARTS) is 2. The number of hydrogen-bond donors (Lipinski definition) is 3. The van der Waals surface area contributed by atoms with Gasteiger partial charge in [0.15, 0.2) is 0 Å². The summed E-state index contributed by atoms with van der Waals surface area (Å²) < 4.78 is 6.18. The minimum absolute atomic E-state index is 0.0198. The summed E-state index contributed by atoms with van der Waals surface area (Å²) in [5.41, 5.74) is 1.46. The first-order valence-electron chi connectivity index (χ1n) is 19.9. The van der Waals surface area contributed by atoms with Crippen LogP contribution in [0.25, 0.3) is 0 Å². The van der Waals surface area contributed by atoms with Gasteiger partial charge in [-0.15, -0.1) is 0 Å². The van der Waals surface area contributed by atoms with Crippen molar-refractivity contribution in [3.8, 4) is 0 Å². The van der Waals surface area contributed by atoms with Gasteiger partial charge >= 0.3 is 17.9 Å². The van der Waals surface area contributed by atoms with Crippen molar-refractivity contribution in [2.45, 2.75) is 170 Å². The van der Waals surface area contributed by atoms with E-state index >= 15 is 0 Å². The Labute approximate surface area is 301 Å². The highest BCUT2D eigenvalue weighted by atomic mass is 16.5. The first kappa shape index (κ1) is 38.8. The first-order valence-corrected chi connectivity index (χ1v) is 19.9. The number of esters is 1. The summed E-state index contributed by atoms with van der Waals surface area (Å²) in [6.07, 6.45) is 16.5. The second-order valence-electron chi connectivity index (χ2n) is 19.3. The maximum absolute atomic E-state index is 14.3. The molecule has 0 bridgehead atoms. The molecule has 0 aliphatic heterocycles. The van der Waals surface area contributed by atoms with Gasteiger partial charge in [0, 0.05) is 31.2 Å². The fraction of sp³-hybridized carbons (Fsp3) is 0.857. The molecular formula is C42H67NO7. The topological polar surface area (TPSA) is 130 Å². The monoisotopic (exact) mass is 697 g/mol. The molecule has 0 spiro atoms. The lowest BCUT2D eigenvalue weighted by atomic mass is 9.33. The number of ether oxygens (including phenoxy) is 1. The van der Waals surface area contributed by atoms with E-state index in [9.17, 15) is 19.2 Å². The molecule has 50 heavy (non-hydrogen) atoms. The van der Waals surface area contributed by atoms with E-state index in [1.165, 1.54) is 0 Å². The molecule has 282 valence electrons. The average molecular weight is 698 g/mol. The standard InChI is InChI=1S/C42H67NO7/c1-37(2)22-24-42(36(49)43-26-12-8-9-13-33(44)45)25-23-40(6)28(29(42)27-37)16-17-31-39(5)20-19-32(50-35(48)15-11-10-14-34(46)47)38(3,4)30(39)18-21-41(31,40)7/h16,29-32H,8-15,17-27H2,1-7H3,(H,43,49)(H,44,45)(H,46,47)/t29?,30?,31?,32-,39-,40+,41+,42-/m0/s1. The summed E-state index contributed by atoms with van der Waals surface area (Å²) in [5.74, 6) is -0.376. The normalized spacial score (nSPS) is 38.3. The minimum atomic E-state index is -0.826. The molecule has 0 heterocycles. The molecule has 3 unspecified atom stereocenters. The zero-order chi connectivity index (χ0) is 36.8. The number of unbranched alkanes of at least 4 members (excludes halogenated alkanes) is 3. The minimum Gasteiger partial charge on any atom is -0.481 e. The van der Waals surface area contributed by atoms with Crippen molar-refractivity contribution in [1.82, 2.24) is 5.32 Å². The number of rotatable bonds is 13. The van der Waals surface area contributed by atoms with Gasteiger partial charge in [-0.2, -0.15) is 0 Å². The molecular weight excluding hydrogens is 630 g/mol. The molecule has 3 N–H and O–H groups in total. The van der Waals surface area contributed by atoms with Crippen molar-refractivity contribution in [3.05, 3.63) is 11.6 Å². The van der Waals surface area contributed by atoms with E-state index in [-0.39, 0.29) is 75.7 Å². The molecule has 0 aromatic carbocycles. The van der Waals surface area contributed by atoms with Crippen LogP contribution < -0.4 is 5.32 Å². The number of aliphatic carboxylic acids is 2. The Bertz CT molecular complexity index is 1350. The van der Waals surface area contributed by atoms with Gasteiger partial charge in [0.2, 0.25) is 5.91 Å². The van der Waals surface area contributed by atoms with Crippen LogP contribution in [-0.2, 0) is 23.9 Å². The molecule has 5 rings (SSSR count). The van der Waals surface area contributed by atoms with Crippen molar-refractivity contribution < 1.29 is 34.1 Å². The van der Waals surface area contributed by atoms with Gasteiger partial charge in [-0.25, -0.2) is 0 Å². The van der Waals surface area contributed by atoms with Crippen LogP contribution in [0.5, 0.6) is 0 Å². The smallest absolute Gasteiger partial charge is 0.306 e. The molecule has 0 radical (unpaired) electrons. The zero-order valence-electron chi connectivity index (χ0n) is 32.3. The summed E-state index contributed by atoms with van der Waals surface area (Å²) in [4.78, 5) is 49.0. The second kappa shape index (κ2) is 14.2. The lowest BCUT2D eigenvalue weighted by Gasteiger charge is -2.71. The van der Waals surface area contributed by atoms with Crippen molar-refractivity contribution in [2.75, 3.05) is 6.54 Å². The van der Waals surface area contributed by atoms with Gasteiger partial charge in [0.1, 0.15) is 6.10 Å². The SMILES string of the molecule is CC1(C)CC[C@]2(C(=O)NCCCCCC(=O)O)CC[C@]3(C)C(=CCC4[C@@]5(C)CC[C@H](OC(=O)CCCCC(=O)O)C(C)(C)C5CC[C@]43C)C2C1. The molecule has 8 heteroatoms. The van der Waals surface area contributed by atoms with Gasteiger partial charge in [0.25, 0.3) is 0 Å². The Hall–Kier alpha value is -2.38. The van der Waals surface area contributed by atoms with Crippen LogP contribution in [0, 0.1) is 50.2 Å². The summed E-state index contributed by atoms with van der Waals surface area (Å²) in [5, 5.41) is 21.3. The summed E-state index contributed by atoms with van der Waals surface area (Å²) in [6, 6.07) is 0. The van der Waals surface area contributed by atoms with Crippen molar-refractivity contribution in [2.24, 2.45) is 50.2 Å². The quantitative estimate of drug-likeness (QED) is 0.0994. The fourth-order valence-corrected chi connectivity index (χ4v) is 12.6. The van der Waals surface area contributed by atoms with Crippen LogP contribution in [0.4, 0.5) is 0 Å². The maximum atomic E-state index is 14.3. The van der Waals surface area contributed by atoms with Crippen LogP contribution in [0.2, 0.25) is 0 Å². The Morgan fingerprint density at radius 1 is 0.760 bits per heavy atom.